The Morgan fingerprint density at radius 3 is 3.05 bits per heavy atom. The molecule has 5 heteroatoms. The number of hydrogen-bond acceptors (Lipinski definition) is 3. The van der Waals surface area contributed by atoms with Gasteiger partial charge in [-0.1, -0.05) is 18.2 Å². The predicted octanol–water partition coefficient (Wildman–Crippen LogP) is 1.79. The molecule has 0 bridgehead atoms. The monoisotopic (exact) mass is 256 g/mol. The molecule has 0 saturated heterocycles. The van der Waals surface area contributed by atoms with Crippen LogP contribution in [0, 0.1) is 0 Å². The molecule has 1 aliphatic rings. The number of rotatable bonds is 2. The van der Waals surface area contributed by atoms with Gasteiger partial charge in [0.1, 0.15) is 11.9 Å². The minimum atomic E-state index is -0.190. The third-order valence-electron chi connectivity index (χ3n) is 3.44. The van der Waals surface area contributed by atoms with E-state index in [0.29, 0.717) is 5.82 Å². The van der Waals surface area contributed by atoms with E-state index >= 15 is 0 Å². The van der Waals surface area contributed by atoms with Crippen molar-refractivity contribution < 1.29 is 4.79 Å². The molecule has 0 fully saturated rings. The number of fused-ring (bicyclic) bond motifs is 1. The number of aromatic nitrogens is 2. The maximum Gasteiger partial charge on any atom is 0.248 e. The van der Waals surface area contributed by atoms with Crippen molar-refractivity contribution in [3.63, 3.8) is 0 Å². The first-order valence-electron chi connectivity index (χ1n) is 6.37. The average Bonchev–Trinajstić information content (AvgIpc) is 2.84. The standard InChI is InChI=1S/C14H16N4O/c1-18-13(8-9-15-18)17-14(19)12-7-6-10-4-2-3-5-11(10)16-12/h2-5,8-9,12,16H,6-7H2,1H3,(H,17,19). The Morgan fingerprint density at radius 2 is 2.26 bits per heavy atom. The quantitative estimate of drug-likeness (QED) is 0.861. The number of amides is 1. The largest absolute Gasteiger partial charge is 0.373 e. The number of benzene rings is 1. The van der Waals surface area contributed by atoms with Crippen molar-refractivity contribution in [3.8, 4) is 0 Å². The lowest BCUT2D eigenvalue weighted by molar-refractivity contribution is -0.117. The summed E-state index contributed by atoms with van der Waals surface area (Å²) < 4.78 is 1.65. The van der Waals surface area contributed by atoms with E-state index in [4.69, 9.17) is 0 Å². The van der Waals surface area contributed by atoms with Gasteiger partial charge in [0, 0.05) is 18.8 Å². The van der Waals surface area contributed by atoms with E-state index in [1.165, 1.54) is 5.56 Å². The summed E-state index contributed by atoms with van der Waals surface area (Å²) in [5.74, 6) is 0.698. The lowest BCUT2D eigenvalue weighted by atomic mass is 9.98. The Labute approximate surface area is 111 Å². The van der Waals surface area contributed by atoms with Gasteiger partial charge < -0.3 is 10.6 Å². The zero-order valence-electron chi connectivity index (χ0n) is 10.8. The normalized spacial score (nSPS) is 17.4. The van der Waals surface area contributed by atoms with Crippen LogP contribution in [0.1, 0.15) is 12.0 Å². The van der Waals surface area contributed by atoms with Crippen molar-refractivity contribution in [1.82, 2.24) is 9.78 Å². The van der Waals surface area contributed by atoms with Crippen molar-refractivity contribution in [3.05, 3.63) is 42.1 Å². The van der Waals surface area contributed by atoms with Crippen molar-refractivity contribution in [1.29, 1.82) is 0 Å². The minimum absolute atomic E-state index is 0.0156. The first-order valence-corrected chi connectivity index (χ1v) is 6.37. The molecule has 0 aliphatic carbocycles. The fraction of sp³-hybridized carbons (Fsp3) is 0.286. The van der Waals surface area contributed by atoms with Gasteiger partial charge in [-0.2, -0.15) is 5.10 Å². The van der Waals surface area contributed by atoms with E-state index < -0.39 is 0 Å². The number of nitrogens with zero attached hydrogens (tertiary/aromatic N) is 2. The number of aryl methyl sites for hydroxylation is 2. The molecule has 1 aromatic heterocycles. The molecule has 2 aromatic rings. The highest BCUT2D eigenvalue weighted by atomic mass is 16.2. The smallest absolute Gasteiger partial charge is 0.248 e. The molecule has 2 heterocycles. The highest BCUT2D eigenvalue weighted by molar-refractivity contribution is 5.96. The van der Waals surface area contributed by atoms with Crippen molar-refractivity contribution >= 4 is 17.4 Å². The van der Waals surface area contributed by atoms with Gasteiger partial charge in [0.05, 0.1) is 6.20 Å². The van der Waals surface area contributed by atoms with E-state index in [0.717, 1.165) is 18.5 Å². The van der Waals surface area contributed by atoms with Crippen LogP contribution >= 0.6 is 0 Å². The van der Waals surface area contributed by atoms with Crippen LogP contribution in [0.15, 0.2) is 36.5 Å². The van der Waals surface area contributed by atoms with E-state index in [1.807, 2.05) is 18.2 Å². The summed E-state index contributed by atoms with van der Waals surface area (Å²) >= 11 is 0. The molecule has 0 spiro atoms. The number of anilines is 2. The molecule has 98 valence electrons. The molecule has 1 unspecified atom stereocenters. The molecule has 1 atom stereocenters. The molecule has 1 aromatic carbocycles. The van der Waals surface area contributed by atoms with Crippen LogP contribution in [0.2, 0.25) is 0 Å². The van der Waals surface area contributed by atoms with Crippen molar-refractivity contribution in [2.45, 2.75) is 18.9 Å². The summed E-state index contributed by atoms with van der Waals surface area (Å²) in [4.78, 5) is 12.2. The SMILES string of the molecule is Cn1nccc1NC(=O)C1CCc2ccccc2N1. The van der Waals surface area contributed by atoms with Crippen molar-refractivity contribution in [2.75, 3.05) is 10.6 Å². The molecule has 0 radical (unpaired) electrons. The molecular formula is C14H16N4O. The number of carbonyl (C=O) groups excluding carboxylic acids is 1. The third kappa shape index (κ3) is 2.31. The van der Waals surface area contributed by atoms with Crippen LogP contribution in [0.4, 0.5) is 11.5 Å². The van der Waals surface area contributed by atoms with Crippen LogP contribution in [0.5, 0.6) is 0 Å². The maximum absolute atomic E-state index is 12.2. The van der Waals surface area contributed by atoms with Gasteiger partial charge in [0.2, 0.25) is 5.91 Å². The third-order valence-corrected chi connectivity index (χ3v) is 3.44. The Morgan fingerprint density at radius 1 is 1.42 bits per heavy atom. The fourth-order valence-corrected chi connectivity index (χ4v) is 2.35. The van der Waals surface area contributed by atoms with E-state index in [9.17, 15) is 4.79 Å². The Kier molecular flexibility index (Phi) is 2.95. The molecule has 1 aliphatic heterocycles. The number of nitrogens with one attached hydrogen (secondary N) is 2. The Bertz CT molecular complexity index is 605. The van der Waals surface area contributed by atoms with Gasteiger partial charge in [-0.3, -0.25) is 9.48 Å². The highest BCUT2D eigenvalue weighted by Gasteiger charge is 2.24. The summed E-state index contributed by atoms with van der Waals surface area (Å²) in [6, 6.07) is 9.71. The zero-order valence-corrected chi connectivity index (χ0v) is 10.8. The van der Waals surface area contributed by atoms with Gasteiger partial charge in [-0.15, -0.1) is 0 Å². The predicted molar refractivity (Wildman–Crippen MR) is 74.0 cm³/mol. The fourth-order valence-electron chi connectivity index (χ4n) is 2.35. The lowest BCUT2D eigenvalue weighted by Crippen LogP contribution is -2.38. The maximum atomic E-state index is 12.2. The van der Waals surface area contributed by atoms with Gasteiger partial charge in [0.15, 0.2) is 0 Å². The number of carbonyl (C=O) groups is 1. The summed E-state index contributed by atoms with van der Waals surface area (Å²) in [7, 11) is 1.80. The Balaban J connectivity index is 1.71. The van der Waals surface area contributed by atoms with Crippen LogP contribution < -0.4 is 10.6 Å². The molecular weight excluding hydrogens is 240 g/mol. The molecule has 5 nitrogen and oxygen atoms in total. The summed E-state index contributed by atoms with van der Waals surface area (Å²) in [6.07, 6.45) is 3.40. The molecule has 19 heavy (non-hydrogen) atoms. The van der Waals surface area contributed by atoms with Gasteiger partial charge >= 0.3 is 0 Å². The average molecular weight is 256 g/mol. The van der Waals surface area contributed by atoms with Crippen LogP contribution in [0.3, 0.4) is 0 Å². The number of hydrogen-bond donors (Lipinski definition) is 2. The molecule has 0 saturated carbocycles. The first kappa shape index (κ1) is 11.8. The van der Waals surface area contributed by atoms with E-state index in [1.54, 1.807) is 24.0 Å². The van der Waals surface area contributed by atoms with Crippen molar-refractivity contribution in [2.24, 2.45) is 7.05 Å². The minimum Gasteiger partial charge on any atom is -0.373 e. The summed E-state index contributed by atoms with van der Waals surface area (Å²) in [6.45, 7) is 0. The lowest BCUT2D eigenvalue weighted by Gasteiger charge is -2.26. The van der Waals surface area contributed by atoms with Gasteiger partial charge in [-0.25, -0.2) is 0 Å². The second-order valence-electron chi connectivity index (χ2n) is 4.72. The highest BCUT2D eigenvalue weighted by Crippen LogP contribution is 2.24. The summed E-state index contributed by atoms with van der Waals surface area (Å²) in [5, 5.41) is 10.2. The van der Waals surface area contributed by atoms with Gasteiger partial charge in [0.25, 0.3) is 0 Å². The van der Waals surface area contributed by atoms with Crippen LogP contribution in [-0.2, 0) is 18.3 Å². The molecule has 3 rings (SSSR count). The second kappa shape index (κ2) is 4.76. The Hall–Kier alpha value is -2.30. The topological polar surface area (TPSA) is 59.0 Å². The second-order valence-corrected chi connectivity index (χ2v) is 4.72. The van der Waals surface area contributed by atoms with E-state index in [2.05, 4.69) is 21.8 Å². The van der Waals surface area contributed by atoms with Crippen LogP contribution in [-0.4, -0.2) is 21.7 Å². The van der Waals surface area contributed by atoms with Crippen LogP contribution in [0.25, 0.3) is 0 Å². The summed E-state index contributed by atoms with van der Waals surface area (Å²) in [5.41, 5.74) is 2.32. The number of para-hydroxylation sites is 1. The van der Waals surface area contributed by atoms with E-state index in [-0.39, 0.29) is 11.9 Å². The first-order chi connectivity index (χ1) is 9.24. The zero-order chi connectivity index (χ0) is 13.2. The van der Waals surface area contributed by atoms with Gasteiger partial charge in [-0.05, 0) is 24.5 Å². The molecule has 2 N–H and O–H groups in total. The molecule has 1 amide bonds.